The van der Waals surface area contributed by atoms with Gasteiger partial charge in [-0.15, -0.1) is 0 Å². The lowest BCUT2D eigenvalue weighted by Crippen LogP contribution is -2.36. The second kappa shape index (κ2) is 7.86. The van der Waals surface area contributed by atoms with E-state index in [1.807, 2.05) is 31.6 Å². The van der Waals surface area contributed by atoms with Gasteiger partial charge in [-0.3, -0.25) is 4.98 Å². The van der Waals surface area contributed by atoms with Gasteiger partial charge in [0.15, 0.2) is 0 Å². The average Bonchev–Trinajstić information content (AvgIpc) is 3.16. The van der Waals surface area contributed by atoms with Crippen molar-refractivity contribution in [1.82, 2.24) is 24.5 Å². The van der Waals surface area contributed by atoms with Crippen LogP contribution in [-0.2, 0) is 13.0 Å². The van der Waals surface area contributed by atoms with Crippen LogP contribution >= 0.6 is 0 Å². The van der Waals surface area contributed by atoms with Gasteiger partial charge in [-0.1, -0.05) is 13.0 Å². The van der Waals surface area contributed by atoms with Gasteiger partial charge in [-0.05, 0) is 37.8 Å². The SMILES string of the molecule is CCc1cc(N2CCC[C@@H](c3nccn3Cc3cccnc3)C2)nc(C)n1. The molecule has 3 aromatic heterocycles. The molecular formula is C21H26N6. The fourth-order valence-corrected chi connectivity index (χ4v) is 3.85. The highest BCUT2D eigenvalue weighted by atomic mass is 15.2. The van der Waals surface area contributed by atoms with Crippen LogP contribution in [0.25, 0.3) is 0 Å². The normalized spacial score (nSPS) is 17.3. The summed E-state index contributed by atoms with van der Waals surface area (Å²) >= 11 is 0. The summed E-state index contributed by atoms with van der Waals surface area (Å²) in [6, 6.07) is 6.23. The quantitative estimate of drug-likeness (QED) is 0.696. The molecule has 0 spiro atoms. The first-order valence-corrected chi connectivity index (χ1v) is 9.72. The molecule has 1 aliphatic heterocycles. The lowest BCUT2D eigenvalue weighted by molar-refractivity contribution is 0.473. The Morgan fingerprint density at radius 3 is 2.96 bits per heavy atom. The van der Waals surface area contributed by atoms with E-state index in [1.54, 1.807) is 0 Å². The van der Waals surface area contributed by atoms with E-state index in [1.165, 1.54) is 5.56 Å². The van der Waals surface area contributed by atoms with Crippen molar-refractivity contribution in [3.8, 4) is 0 Å². The average molecular weight is 362 g/mol. The largest absolute Gasteiger partial charge is 0.356 e. The third kappa shape index (κ3) is 3.99. The smallest absolute Gasteiger partial charge is 0.132 e. The van der Waals surface area contributed by atoms with Crippen LogP contribution in [-0.4, -0.2) is 37.6 Å². The summed E-state index contributed by atoms with van der Waals surface area (Å²) < 4.78 is 2.26. The lowest BCUT2D eigenvalue weighted by Gasteiger charge is -2.33. The minimum atomic E-state index is 0.408. The standard InChI is InChI=1S/C21H26N6/c1-3-19-12-20(25-16(2)24-19)26-10-5-7-18(15-26)21-23-9-11-27(21)14-17-6-4-8-22-13-17/h4,6,8-9,11-13,18H,3,5,7,10,14-15H2,1-2H3/t18-/m1/s1. The zero-order chi connectivity index (χ0) is 18.6. The molecule has 0 bridgehead atoms. The van der Waals surface area contributed by atoms with Gasteiger partial charge in [-0.25, -0.2) is 15.0 Å². The zero-order valence-corrected chi connectivity index (χ0v) is 16.0. The Labute approximate surface area is 160 Å². The second-order valence-electron chi connectivity index (χ2n) is 7.18. The van der Waals surface area contributed by atoms with Crippen LogP contribution in [0.2, 0.25) is 0 Å². The Bertz CT molecular complexity index is 889. The predicted molar refractivity (Wildman–Crippen MR) is 106 cm³/mol. The van der Waals surface area contributed by atoms with Gasteiger partial charge in [0.25, 0.3) is 0 Å². The van der Waals surface area contributed by atoms with E-state index in [2.05, 4.69) is 44.7 Å². The molecule has 6 heteroatoms. The molecule has 1 saturated heterocycles. The van der Waals surface area contributed by atoms with Crippen molar-refractivity contribution in [3.05, 3.63) is 65.9 Å². The van der Waals surface area contributed by atoms with Crippen LogP contribution in [0.4, 0.5) is 5.82 Å². The summed E-state index contributed by atoms with van der Waals surface area (Å²) in [7, 11) is 0. The molecule has 0 radical (unpaired) electrons. The first-order valence-electron chi connectivity index (χ1n) is 9.72. The topological polar surface area (TPSA) is 59.7 Å². The molecule has 0 aromatic carbocycles. The monoisotopic (exact) mass is 362 g/mol. The van der Waals surface area contributed by atoms with Crippen molar-refractivity contribution >= 4 is 5.82 Å². The van der Waals surface area contributed by atoms with E-state index >= 15 is 0 Å². The van der Waals surface area contributed by atoms with E-state index in [-0.39, 0.29) is 0 Å². The van der Waals surface area contributed by atoms with Gasteiger partial charge >= 0.3 is 0 Å². The summed E-state index contributed by atoms with van der Waals surface area (Å²) in [4.78, 5) is 20.5. The molecule has 1 fully saturated rings. The molecule has 1 atom stereocenters. The van der Waals surface area contributed by atoms with Crippen molar-refractivity contribution < 1.29 is 0 Å². The maximum Gasteiger partial charge on any atom is 0.132 e. The maximum absolute atomic E-state index is 4.70. The molecule has 0 N–H and O–H groups in total. The van der Waals surface area contributed by atoms with Gasteiger partial charge < -0.3 is 9.47 Å². The number of rotatable bonds is 5. The Morgan fingerprint density at radius 2 is 2.15 bits per heavy atom. The molecule has 140 valence electrons. The van der Waals surface area contributed by atoms with Gasteiger partial charge in [0.1, 0.15) is 17.5 Å². The van der Waals surface area contributed by atoms with Crippen molar-refractivity contribution in [1.29, 1.82) is 0 Å². The molecule has 4 heterocycles. The molecule has 27 heavy (non-hydrogen) atoms. The molecule has 0 unspecified atom stereocenters. The first kappa shape index (κ1) is 17.6. The van der Waals surface area contributed by atoms with Crippen molar-refractivity contribution in [3.63, 3.8) is 0 Å². The number of imidazole rings is 1. The molecule has 0 amide bonds. The lowest BCUT2D eigenvalue weighted by atomic mass is 9.97. The highest BCUT2D eigenvalue weighted by Crippen LogP contribution is 2.29. The Kier molecular flexibility index (Phi) is 5.14. The fourth-order valence-electron chi connectivity index (χ4n) is 3.85. The summed E-state index contributed by atoms with van der Waals surface area (Å²) in [5.41, 5.74) is 2.31. The van der Waals surface area contributed by atoms with Gasteiger partial charge in [0, 0.05) is 55.6 Å². The van der Waals surface area contributed by atoms with Crippen LogP contribution in [0.5, 0.6) is 0 Å². The predicted octanol–water partition coefficient (Wildman–Crippen LogP) is 3.37. The molecular weight excluding hydrogens is 336 g/mol. The Hall–Kier alpha value is -2.76. The number of aryl methyl sites for hydroxylation is 2. The highest BCUT2D eigenvalue weighted by Gasteiger charge is 2.26. The third-order valence-corrected chi connectivity index (χ3v) is 5.17. The number of nitrogens with zero attached hydrogens (tertiary/aromatic N) is 6. The number of pyridine rings is 1. The number of hydrogen-bond donors (Lipinski definition) is 0. The van der Waals surface area contributed by atoms with E-state index in [0.717, 1.165) is 62.1 Å². The zero-order valence-electron chi connectivity index (χ0n) is 16.0. The van der Waals surface area contributed by atoms with Gasteiger partial charge in [0.05, 0.1) is 6.54 Å². The Morgan fingerprint density at radius 1 is 1.22 bits per heavy atom. The third-order valence-electron chi connectivity index (χ3n) is 5.17. The number of anilines is 1. The van der Waals surface area contributed by atoms with E-state index in [9.17, 15) is 0 Å². The van der Waals surface area contributed by atoms with Crippen molar-refractivity contribution in [2.75, 3.05) is 18.0 Å². The van der Waals surface area contributed by atoms with E-state index in [0.29, 0.717) is 5.92 Å². The minimum Gasteiger partial charge on any atom is -0.356 e. The van der Waals surface area contributed by atoms with Crippen molar-refractivity contribution in [2.45, 2.75) is 45.6 Å². The molecule has 0 aliphatic carbocycles. The van der Waals surface area contributed by atoms with E-state index < -0.39 is 0 Å². The van der Waals surface area contributed by atoms with Crippen LogP contribution in [0.3, 0.4) is 0 Å². The molecule has 4 rings (SSSR count). The van der Waals surface area contributed by atoms with E-state index in [4.69, 9.17) is 9.97 Å². The number of aromatic nitrogens is 5. The summed E-state index contributed by atoms with van der Waals surface area (Å²) in [6.45, 7) is 6.92. The van der Waals surface area contributed by atoms with Gasteiger partial charge in [0.2, 0.25) is 0 Å². The minimum absolute atomic E-state index is 0.408. The van der Waals surface area contributed by atoms with Crippen LogP contribution in [0.1, 0.15) is 48.6 Å². The molecule has 3 aromatic rings. The summed E-state index contributed by atoms with van der Waals surface area (Å²) in [6.07, 6.45) is 11.0. The van der Waals surface area contributed by atoms with Crippen LogP contribution in [0.15, 0.2) is 43.0 Å². The number of hydrogen-bond acceptors (Lipinski definition) is 5. The maximum atomic E-state index is 4.70. The fraction of sp³-hybridized carbons (Fsp3) is 0.429. The van der Waals surface area contributed by atoms with Crippen LogP contribution < -0.4 is 4.90 Å². The Balaban J connectivity index is 1.54. The molecule has 1 aliphatic rings. The first-order chi connectivity index (χ1) is 13.2. The number of piperidine rings is 1. The molecule has 0 saturated carbocycles. The second-order valence-corrected chi connectivity index (χ2v) is 7.18. The summed E-state index contributed by atoms with van der Waals surface area (Å²) in [5.74, 6) is 3.47. The van der Waals surface area contributed by atoms with Crippen LogP contribution in [0, 0.1) is 6.92 Å². The van der Waals surface area contributed by atoms with Gasteiger partial charge in [-0.2, -0.15) is 0 Å². The summed E-state index contributed by atoms with van der Waals surface area (Å²) in [5, 5.41) is 0. The van der Waals surface area contributed by atoms with Crippen molar-refractivity contribution in [2.24, 2.45) is 0 Å². The highest BCUT2D eigenvalue weighted by molar-refractivity contribution is 5.41. The molecule has 6 nitrogen and oxygen atoms in total.